The second kappa shape index (κ2) is 7.59. The molecule has 0 amide bonds. The molecule has 116 valence electrons. The van der Waals surface area contributed by atoms with Crippen LogP contribution in [0, 0.1) is 6.92 Å². The predicted molar refractivity (Wildman–Crippen MR) is 87.6 cm³/mol. The molecule has 0 aliphatic carbocycles. The van der Waals surface area contributed by atoms with E-state index >= 15 is 0 Å². The molecule has 2 aromatic rings. The maximum Gasteiger partial charge on any atom is 0.348 e. The van der Waals surface area contributed by atoms with Crippen molar-refractivity contribution in [2.45, 2.75) is 33.1 Å². The van der Waals surface area contributed by atoms with E-state index in [1.165, 1.54) is 5.56 Å². The van der Waals surface area contributed by atoms with Gasteiger partial charge in [-0.25, -0.2) is 4.79 Å². The van der Waals surface area contributed by atoms with E-state index in [2.05, 4.69) is 17.4 Å². The molecular formula is C18H21NO3. The molecule has 0 saturated heterocycles. The van der Waals surface area contributed by atoms with Crippen LogP contribution in [0.1, 0.15) is 41.4 Å². The van der Waals surface area contributed by atoms with Crippen LogP contribution in [0.4, 0.5) is 5.69 Å². The standard InChI is InChI=1S/C18H21NO3/c1-3-7-16(20)17-15(12-13(2)22-18(17)21)19-11-10-14-8-5-4-6-9-14/h4-6,8-9,12,19H,3,7,10-11H2,1-2H3. The molecule has 2 rings (SSSR count). The van der Waals surface area contributed by atoms with E-state index < -0.39 is 5.63 Å². The lowest BCUT2D eigenvalue weighted by Crippen LogP contribution is -2.19. The van der Waals surface area contributed by atoms with Gasteiger partial charge in [0.05, 0.1) is 5.69 Å². The van der Waals surface area contributed by atoms with Crippen LogP contribution in [0.3, 0.4) is 0 Å². The Kier molecular flexibility index (Phi) is 5.53. The van der Waals surface area contributed by atoms with Crippen LogP contribution in [0.15, 0.2) is 45.6 Å². The summed E-state index contributed by atoms with van der Waals surface area (Å²) >= 11 is 0. The summed E-state index contributed by atoms with van der Waals surface area (Å²) in [4.78, 5) is 24.1. The Balaban J connectivity index is 2.15. The van der Waals surface area contributed by atoms with Gasteiger partial charge in [-0.3, -0.25) is 4.79 Å². The van der Waals surface area contributed by atoms with E-state index in [9.17, 15) is 9.59 Å². The van der Waals surface area contributed by atoms with Gasteiger partial charge in [0.15, 0.2) is 5.78 Å². The molecule has 0 saturated carbocycles. The molecule has 0 aliphatic rings. The second-order valence-corrected chi connectivity index (χ2v) is 5.27. The quantitative estimate of drug-likeness (QED) is 0.794. The first-order valence-corrected chi connectivity index (χ1v) is 7.57. The number of Topliss-reactive ketones (excluding diaryl/α,β-unsaturated/α-hetero) is 1. The number of benzene rings is 1. The lowest BCUT2D eigenvalue weighted by atomic mass is 10.1. The van der Waals surface area contributed by atoms with E-state index in [1.54, 1.807) is 13.0 Å². The third-order valence-electron chi connectivity index (χ3n) is 3.40. The fraction of sp³-hybridized carbons (Fsp3) is 0.333. The van der Waals surface area contributed by atoms with Gasteiger partial charge in [0, 0.05) is 19.0 Å². The Bertz CT molecular complexity index is 689. The van der Waals surface area contributed by atoms with Crippen molar-refractivity contribution in [2.75, 3.05) is 11.9 Å². The molecule has 0 radical (unpaired) electrons. The molecule has 1 aromatic carbocycles. The monoisotopic (exact) mass is 299 g/mol. The normalized spacial score (nSPS) is 10.5. The summed E-state index contributed by atoms with van der Waals surface area (Å²) in [5.41, 5.74) is 1.36. The largest absolute Gasteiger partial charge is 0.428 e. The summed E-state index contributed by atoms with van der Waals surface area (Å²) in [6.45, 7) is 4.27. The highest BCUT2D eigenvalue weighted by Gasteiger charge is 2.17. The van der Waals surface area contributed by atoms with Crippen LogP contribution >= 0.6 is 0 Å². The first-order valence-electron chi connectivity index (χ1n) is 7.57. The van der Waals surface area contributed by atoms with E-state index in [0.717, 1.165) is 6.42 Å². The summed E-state index contributed by atoms with van der Waals surface area (Å²) in [6.07, 6.45) is 1.87. The van der Waals surface area contributed by atoms with Crippen molar-refractivity contribution < 1.29 is 9.21 Å². The lowest BCUT2D eigenvalue weighted by molar-refractivity contribution is 0.0978. The van der Waals surface area contributed by atoms with E-state index in [4.69, 9.17) is 4.42 Å². The van der Waals surface area contributed by atoms with Crippen molar-refractivity contribution in [3.05, 3.63) is 63.7 Å². The zero-order valence-electron chi connectivity index (χ0n) is 13.0. The Morgan fingerprint density at radius 2 is 1.95 bits per heavy atom. The molecule has 0 aliphatic heterocycles. The van der Waals surface area contributed by atoms with Gasteiger partial charge in [0.1, 0.15) is 11.3 Å². The smallest absolute Gasteiger partial charge is 0.348 e. The molecule has 0 spiro atoms. The molecule has 4 nitrogen and oxygen atoms in total. The van der Waals surface area contributed by atoms with Gasteiger partial charge in [-0.15, -0.1) is 0 Å². The summed E-state index contributed by atoms with van der Waals surface area (Å²) in [5, 5.41) is 3.20. The Hall–Kier alpha value is -2.36. The summed E-state index contributed by atoms with van der Waals surface area (Å²) in [5.74, 6) is 0.332. The lowest BCUT2D eigenvalue weighted by Gasteiger charge is -2.11. The van der Waals surface area contributed by atoms with Crippen molar-refractivity contribution in [3.63, 3.8) is 0 Å². The molecule has 22 heavy (non-hydrogen) atoms. The minimum atomic E-state index is -0.555. The second-order valence-electron chi connectivity index (χ2n) is 5.27. The average molecular weight is 299 g/mol. The molecule has 0 bridgehead atoms. The third kappa shape index (κ3) is 4.07. The van der Waals surface area contributed by atoms with Gasteiger partial charge in [-0.2, -0.15) is 0 Å². The molecule has 0 atom stereocenters. The first-order chi connectivity index (χ1) is 10.6. The fourth-order valence-corrected chi connectivity index (χ4v) is 2.35. The third-order valence-corrected chi connectivity index (χ3v) is 3.40. The van der Waals surface area contributed by atoms with Gasteiger partial charge < -0.3 is 9.73 Å². The minimum absolute atomic E-state index is 0.139. The first kappa shape index (κ1) is 16.0. The average Bonchev–Trinajstić information content (AvgIpc) is 2.48. The van der Waals surface area contributed by atoms with Crippen LogP contribution in [0.5, 0.6) is 0 Å². The maximum absolute atomic E-state index is 12.1. The number of aryl methyl sites for hydroxylation is 1. The highest BCUT2D eigenvalue weighted by atomic mass is 16.4. The molecule has 0 unspecified atom stereocenters. The topological polar surface area (TPSA) is 59.3 Å². The number of hydrogen-bond acceptors (Lipinski definition) is 4. The highest BCUT2D eigenvalue weighted by Crippen LogP contribution is 2.16. The molecule has 1 aromatic heterocycles. The van der Waals surface area contributed by atoms with Crippen LogP contribution in [-0.2, 0) is 6.42 Å². The molecule has 4 heteroatoms. The van der Waals surface area contributed by atoms with Crippen molar-refractivity contribution in [3.8, 4) is 0 Å². The predicted octanol–water partition coefficient (Wildman–Crippen LogP) is 3.59. The van der Waals surface area contributed by atoms with Gasteiger partial charge in [-0.1, -0.05) is 37.3 Å². The molecular weight excluding hydrogens is 278 g/mol. The van der Waals surface area contributed by atoms with Gasteiger partial charge in [0.25, 0.3) is 0 Å². The number of rotatable bonds is 7. The van der Waals surface area contributed by atoms with E-state index in [0.29, 0.717) is 30.8 Å². The maximum atomic E-state index is 12.1. The Morgan fingerprint density at radius 3 is 2.64 bits per heavy atom. The number of carbonyl (C=O) groups is 1. The molecule has 1 N–H and O–H groups in total. The van der Waals surface area contributed by atoms with E-state index in [-0.39, 0.29) is 11.3 Å². The number of hydrogen-bond donors (Lipinski definition) is 1. The number of ketones is 1. The summed E-state index contributed by atoms with van der Waals surface area (Å²) < 4.78 is 5.06. The summed E-state index contributed by atoms with van der Waals surface area (Å²) in [7, 11) is 0. The van der Waals surface area contributed by atoms with Crippen molar-refractivity contribution in [2.24, 2.45) is 0 Å². The Labute approximate surface area is 130 Å². The van der Waals surface area contributed by atoms with Crippen LogP contribution < -0.4 is 10.9 Å². The fourth-order valence-electron chi connectivity index (χ4n) is 2.35. The van der Waals surface area contributed by atoms with Crippen LogP contribution in [0.25, 0.3) is 0 Å². The van der Waals surface area contributed by atoms with E-state index in [1.807, 2.05) is 25.1 Å². The summed E-state index contributed by atoms with van der Waals surface area (Å²) in [6, 6.07) is 11.8. The van der Waals surface area contributed by atoms with Crippen LogP contribution in [0.2, 0.25) is 0 Å². The highest BCUT2D eigenvalue weighted by molar-refractivity contribution is 6.00. The minimum Gasteiger partial charge on any atom is -0.428 e. The van der Waals surface area contributed by atoms with Crippen molar-refractivity contribution in [1.29, 1.82) is 0 Å². The van der Waals surface area contributed by atoms with Gasteiger partial charge >= 0.3 is 5.63 Å². The SMILES string of the molecule is CCCC(=O)c1c(NCCc2ccccc2)cc(C)oc1=O. The van der Waals surface area contributed by atoms with Crippen molar-refractivity contribution in [1.82, 2.24) is 0 Å². The zero-order valence-corrected chi connectivity index (χ0v) is 13.0. The molecule has 0 fully saturated rings. The van der Waals surface area contributed by atoms with Gasteiger partial charge in [-0.05, 0) is 25.3 Å². The number of nitrogens with one attached hydrogen (secondary N) is 1. The number of anilines is 1. The molecule has 1 heterocycles. The van der Waals surface area contributed by atoms with Crippen LogP contribution in [-0.4, -0.2) is 12.3 Å². The Morgan fingerprint density at radius 1 is 1.23 bits per heavy atom. The van der Waals surface area contributed by atoms with Crippen molar-refractivity contribution >= 4 is 11.5 Å². The van der Waals surface area contributed by atoms with Gasteiger partial charge in [0.2, 0.25) is 0 Å². The number of carbonyl (C=O) groups excluding carboxylic acids is 1. The zero-order chi connectivity index (χ0) is 15.9.